The van der Waals surface area contributed by atoms with Gasteiger partial charge in [0.1, 0.15) is 29.8 Å². The van der Waals surface area contributed by atoms with Gasteiger partial charge in [0.05, 0.1) is 18.6 Å². The number of β-amino-alcohol motifs (C(OH)–C–C–N with tert-alkyl or cyclic N) is 1. The lowest BCUT2D eigenvalue weighted by molar-refractivity contribution is -0.154. The first-order chi connectivity index (χ1) is 16.2. The minimum atomic E-state index is -4.99. The maximum absolute atomic E-state index is 13.7. The molecule has 0 radical (unpaired) electrons. The molecule has 1 atom stereocenters. The maximum Gasteiger partial charge on any atom is 0.453 e. The molecule has 182 valence electrons. The smallest absolute Gasteiger partial charge is 0.453 e. The number of alkyl halides is 3. The summed E-state index contributed by atoms with van der Waals surface area (Å²) < 4.78 is 62.2. The lowest BCUT2D eigenvalue weighted by Crippen LogP contribution is -2.42. The average molecular weight is 500 g/mol. The van der Waals surface area contributed by atoms with E-state index in [0.29, 0.717) is 37.9 Å². The molecule has 3 aromatic rings. The third kappa shape index (κ3) is 5.82. The van der Waals surface area contributed by atoms with Gasteiger partial charge in [-0.2, -0.15) is 13.2 Å². The number of morpholine rings is 1. The van der Waals surface area contributed by atoms with Crippen LogP contribution in [0.2, 0.25) is 5.02 Å². The third-order valence-electron chi connectivity index (χ3n) is 5.13. The van der Waals surface area contributed by atoms with Crippen molar-refractivity contribution in [2.75, 3.05) is 39.5 Å². The van der Waals surface area contributed by atoms with Gasteiger partial charge in [-0.1, -0.05) is 11.6 Å². The maximum atomic E-state index is 13.7. The summed E-state index contributed by atoms with van der Waals surface area (Å²) in [6, 6.07) is 9.41. The highest BCUT2D eigenvalue weighted by Gasteiger charge is 2.40. The van der Waals surface area contributed by atoms with Gasteiger partial charge < -0.3 is 23.7 Å². The number of aliphatic hydroxyl groups is 1. The van der Waals surface area contributed by atoms with E-state index in [1.165, 1.54) is 42.5 Å². The van der Waals surface area contributed by atoms with Crippen molar-refractivity contribution in [2.45, 2.75) is 12.3 Å². The molecule has 1 aromatic heterocycles. The van der Waals surface area contributed by atoms with Crippen LogP contribution in [0.4, 0.5) is 13.2 Å². The van der Waals surface area contributed by atoms with E-state index in [1.54, 1.807) is 0 Å². The Labute approximate surface area is 197 Å². The largest absolute Gasteiger partial charge is 0.491 e. The van der Waals surface area contributed by atoms with E-state index in [1.807, 2.05) is 4.90 Å². The van der Waals surface area contributed by atoms with Gasteiger partial charge in [-0.25, -0.2) is 0 Å². The van der Waals surface area contributed by atoms with Gasteiger partial charge in [0, 0.05) is 30.7 Å². The zero-order chi connectivity index (χ0) is 24.3. The van der Waals surface area contributed by atoms with Gasteiger partial charge in [0.15, 0.2) is 0 Å². The predicted octanol–water partition coefficient (Wildman–Crippen LogP) is 4.33. The zero-order valence-corrected chi connectivity index (χ0v) is 18.6. The van der Waals surface area contributed by atoms with E-state index in [0.717, 1.165) is 0 Å². The van der Waals surface area contributed by atoms with Crippen molar-refractivity contribution in [1.29, 1.82) is 0 Å². The van der Waals surface area contributed by atoms with Crippen LogP contribution in [0, 0.1) is 0 Å². The summed E-state index contributed by atoms with van der Waals surface area (Å²) in [5.74, 6) is -2.40. The fraction of sp³-hybridized carbons (Fsp3) is 0.348. The van der Waals surface area contributed by atoms with E-state index in [9.17, 15) is 23.1 Å². The second-order valence-electron chi connectivity index (χ2n) is 7.68. The summed E-state index contributed by atoms with van der Waals surface area (Å²) in [6.07, 6.45) is -5.80. The molecule has 34 heavy (non-hydrogen) atoms. The van der Waals surface area contributed by atoms with Gasteiger partial charge in [-0.05, 0) is 36.4 Å². The van der Waals surface area contributed by atoms with Crippen molar-refractivity contribution in [1.82, 2.24) is 4.90 Å². The molecule has 4 rings (SSSR count). The van der Waals surface area contributed by atoms with E-state index in [2.05, 4.69) is 0 Å². The number of halogens is 4. The number of rotatable bonds is 7. The number of hydrogen-bond donors (Lipinski definition) is 1. The van der Waals surface area contributed by atoms with Crippen LogP contribution in [0.1, 0.15) is 5.76 Å². The fourth-order valence-electron chi connectivity index (χ4n) is 3.47. The topological polar surface area (TPSA) is 81.4 Å². The van der Waals surface area contributed by atoms with E-state index in [4.69, 9.17) is 30.2 Å². The van der Waals surface area contributed by atoms with Crippen LogP contribution in [-0.4, -0.2) is 55.6 Å². The van der Waals surface area contributed by atoms with E-state index < -0.39 is 29.2 Å². The predicted molar refractivity (Wildman–Crippen MR) is 118 cm³/mol. The highest BCUT2D eigenvalue weighted by atomic mass is 35.5. The van der Waals surface area contributed by atoms with Crippen LogP contribution in [0.3, 0.4) is 0 Å². The molecule has 1 fully saturated rings. The highest BCUT2D eigenvalue weighted by Crippen LogP contribution is 2.38. The summed E-state index contributed by atoms with van der Waals surface area (Å²) in [7, 11) is 0. The molecule has 1 saturated heterocycles. The number of fused-ring (bicyclic) bond motifs is 1. The van der Waals surface area contributed by atoms with Gasteiger partial charge in [0.2, 0.25) is 11.2 Å². The molecule has 1 unspecified atom stereocenters. The van der Waals surface area contributed by atoms with E-state index in [-0.39, 0.29) is 29.1 Å². The zero-order valence-electron chi connectivity index (χ0n) is 17.8. The summed E-state index contributed by atoms with van der Waals surface area (Å²) in [4.78, 5) is 14.9. The fourth-order valence-corrected chi connectivity index (χ4v) is 3.60. The minimum absolute atomic E-state index is 0.00393. The Balaban J connectivity index is 1.57. The molecule has 0 aliphatic carbocycles. The number of benzene rings is 2. The first-order valence-electron chi connectivity index (χ1n) is 10.4. The molecule has 2 heterocycles. The molecule has 1 N–H and O–H groups in total. The van der Waals surface area contributed by atoms with Crippen LogP contribution < -0.4 is 14.9 Å². The van der Waals surface area contributed by atoms with Crippen LogP contribution >= 0.6 is 11.6 Å². The summed E-state index contributed by atoms with van der Waals surface area (Å²) in [6.45, 7) is 2.84. The molecule has 1 aliphatic rings. The minimum Gasteiger partial charge on any atom is -0.491 e. The Morgan fingerprint density at radius 3 is 2.44 bits per heavy atom. The Kier molecular flexibility index (Phi) is 7.32. The Hall–Kier alpha value is -2.79. The van der Waals surface area contributed by atoms with Crippen molar-refractivity contribution in [3.8, 4) is 17.2 Å². The van der Waals surface area contributed by atoms with Gasteiger partial charge in [-0.15, -0.1) is 0 Å². The summed E-state index contributed by atoms with van der Waals surface area (Å²) in [5, 5.41) is 10.5. The lowest BCUT2D eigenvalue weighted by atomic mass is 10.2. The molecule has 2 aromatic carbocycles. The second kappa shape index (κ2) is 10.2. The first-order valence-corrected chi connectivity index (χ1v) is 10.8. The second-order valence-corrected chi connectivity index (χ2v) is 8.12. The molecular weight excluding hydrogens is 479 g/mol. The molecule has 11 heteroatoms. The summed E-state index contributed by atoms with van der Waals surface area (Å²) >= 11 is 5.79. The SMILES string of the molecule is O=c1c(Oc2ccc(Cl)cc2)c(C(F)(F)F)oc2cc(OCC(O)CN3CCOCC3)ccc12. The molecule has 1 aliphatic heterocycles. The molecule has 0 bridgehead atoms. The van der Waals surface area contributed by atoms with Gasteiger partial charge in [-0.3, -0.25) is 9.69 Å². The quantitative estimate of drug-likeness (QED) is 0.518. The lowest BCUT2D eigenvalue weighted by Gasteiger charge is -2.28. The van der Waals surface area contributed by atoms with Crippen molar-refractivity contribution in [3.05, 3.63) is 63.5 Å². The number of hydrogen-bond acceptors (Lipinski definition) is 7. The van der Waals surface area contributed by atoms with E-state index >= 15 is 0 Å². The molecular formula is C23H21ClF3NO6. The first kappa shape index (κ1) is 24.3. The average Bonchev–Trinajstić information content (AvgIpc) is 2.80. The molecule has 0 saturated carbocycles. The van der Waals surface area contributed by atoms with Crippen molar-refractivity contribution < 1.29 is 36.9 Å². The van der Waals surface area contributed by atoms with Gasteiger partial charge >= 0.3 is 6.18 Å². The molecule has 0 amide bonds. The Bertz CT molecular complexity index is 1190. The monoisotopic (exact) mass is 499 g/mol. The normalized spacial score (nSPS) is 15.9. The van der Waals surface area contributed by atoms with Crippen molar-refractivity contribution in [2.24, 2.45) is 0 Å². The Morgan fingerprint density at radius 2 is 1.76 bits per heavy atom. The van der Waals surface area contributed by atoms with Crippen LogP contribution in [0.5, 0.6) is 17.2 Å². The van der Waals surface area contributed by atoms with Crippen LogP contribution in [-0.2, 0) is 10.9 Å². The standard InChI is InChI=1S/C23H21ClF3NO6/c24-14-1-3-16(4-2-14)33-21-20(30)18-6-5-17(11-19(18)34-22(21)23(25,26)27)32-13-15(29)12-28-7-9-31-10-8-28/h1-6,11,15,29H,7-10,12-13H2. The van der Waals surface area contributed by atoms with Gasteiger partial charge in [0.25, 0.3) is 5.76 Å². The number of nitrogens with zero attached hydrogens (tertiary/aromatic N) is 1. The highest BCUT2D eigenvalue weighted by molar-refractivity contribution is 6.30. The molecule has 0 spiro atoms. The number of ether oxygens (including phenoxy) is 3. The molecule has 7 nitrogen and oxygen atoms in total. The Morgan fingerprint density at radius 1 is 1.09 bits per heavy atom. The van der Waals surface area contributed by atoms with Crippen LogP contribution in [0.25, 0.3) is 11.0 Å². The summed E-state index contributed by atoms with van der Waals surface area (Å²) in [5.41, 5.74) is -1.30. The third-order valence-corrected chi connectivity index (χ3v) is 5.38. The number of aliphatic hydroxyl groups excluding tert-OH is 1. The van der Waals surface area contributed by atoms with Crippen molar-refractivity contribution in [3.63, 3.8) is 0 Å². The van der Waals surface area contributed by atoms with Crippen molar-refractivity contribution >= 4 is 22.6 Å². The van der Waals surface area contributed by atoms with Crippen LogP contribution in [0.15, 0.2) is 51.7 Å².